The first-order valence-corrected chi connectivity index (χ1v) is 12.2. The molecule has 0 radical (unpaired) electrons. The Kier molecular flexibility index (Phi) is 8.12. The molecule has 2 saturated heterocycles. The van der Waals surface area contributed by atoms with E-state index in [1.165, 1.54) is 17.0 Å². The molecule has 0 aliphatic carbocycles. The van der Waals surface area contributed by atoms with Crippen molar-refractivity contribution in [2.45, 2.75) is 52.7 Å². The van der Waals surface area contributed by atoms with E-state index in [0.717, 1.165) is 0 Å². The van der Waals surface area contributed by atoms with Gasteiger partial charge in [-0.3, -0.25) is 4.79 Å². The zero-order valence-electron chi connectivity index (χ0n) is 21.3. The Labute approximate surface area is 206 Å². The maximum atomic E-state index is 14.5. The molecule has 2 aliphatic heterocycles. The number of ether oxygens (including phenoxy) is 1. The van der Waals surface area contributed by atoms with Crippen LogP contribution in [-0.2, 0) is 4.74 Å². The number of nitrogens with zero attached hydrogens (tertiary/aromatic N) is 4. The summed E-state index contributed by atoms with van der Waals surface area (Å²) in [6, 6.07) is 4.00. The fraction of sp³-hybridized carbons (Fsp3) is 0.640. The molecular formula is C25H37FN4O5. The molecule has 0 aromatic heterocycles. The van der Waals surface area contributed by atoms with Gasteiger partial charge < -0.3 is 29.4 Å². The first-order valence-electron chi connectivity index (χ1n) is 12.2. The van der Waals surface area contributed by atoms with E-state index in [1.807, 2.05) is 39.5 Å². The Balaban J connectivity index is 1.69. The molecule has 1 unspecified atom stereocenters. The summed E-state index contributed by atoms with van der Waals surface area (Å²) in [4.78, 5) is 43.8. The smallest absolute Gasteiger partial charge is 0.410 e. The molecule has 0 saturated carbocycles. The van der Waals surface area contributed by atoms with Gasteiger partial charge in [-0.25, -0.2) is 14.0 Å². The van der Waals surface area contributed by atoms with Gasteiger partial charge in [-0.15, -0.1) is 0 Å². The average Bonchev–Trinajstić information content (AvgIpc) is 2.76. The van der Waals surface area contributed by atoms with Crippen molar-refractivity contribution in [2.24, 2.45) is 5.92 Å². The molecule has 2 fully saturated rings. The molecule has 1 atom stereocenters. The zero-order valence-corrected chi connectivity index (χ0v) is 21.3. The van der Waals surface area contributed by atoms with Crippen LogP contribution in [-0.4, -0.2) is 95.4 Å². The lowest BCUT2D eigenvalue weighted by atomic mass is 9.99. The second-order valence-electron chi connectivity index (χ2n) is 10.7. The van der Waals surface area contributed by atoms with Gasteiger partial charge in [0.2, 0.25) is 0 Å². The second-order valence-corrected chi connectivity index (χ2v) is 10.7. The first kappa shape index (κ1) is 26.6. The number of benzene rings is 1. The highest BCUT2D eigenvalue weighted by Gasteiger charge is 2.33. The van der Waals surface area contributed by atoms with Crippen molar-refractivity contribution in [3.63, 3.8) is 0 Å². The Morgan fingerprint density at radius 3 is 2.23 bits per heavy atom. The van der Waals surface area contributed by atoms with Crippen molar-refractivity contribution in [1.82, 2.24) is 14.7 Å². The summed E-state index contributed by atoms with van der Waals surface area (Å²) in [5.74, 6) is -0.544. The lowest BCUT2D eigenvalue weighted by Crippen LogP contribution is -2.56. The number of amides is 3. The quantitative estimate of drug-likeness (QED) is 0.688. The lowest BCUT2D eigenvalue weighted by Gasteiger charge is -2.41. The van der Waals surface area contributed by atoms with Crippen LogP contribution < -0.4 is 4.90 Å². The average molecular weight is 493 g/mol. The number of carbonyl (C=O) groups excluding carboxylic acids is 2. The molecule has 194 valence electrons. The van der Waals surface area contributed by atoms with Gasteiger partial charge in [0, 0.05) is 57.1 Å². The number of rotatable bonds is 4. The Morgan fingerprint density at radius 2 is 1.66 bits per heavy atom. The molecular weight excluding hydrogens is 455 g/mol. The molecule has 0 spiro atoms. The number of halogens is 1. The van der Waals surface area contributed by atoms with E-state index >= 15 is 0 Å². The number of hydrogen-bond acceptors (Lipinski definition) is 5. The number of carbonyl (C=O) groups is 3. The van der Waals surface area contributed by atoms with E-state index in [4.69, 9.17) is 4.74 Å². The van der Waals surface area contributed by atoms with Crippen molar-refractivity contribution in [1.29, 1.82) is 0 Å². The monoisotopic (exact) mass is 492 g/mol. The SMILES string of the molecule is CC(C)CC1CN(C(=O)c2cc(F)cc(N3CCN(C(=O)OC(C)(C)C)CC3)c2)CCN1C(=O)O. The standard InChI is InChI=1S/C25H37FN4O5/c1-17(2)12-21-16-29(10-11-30(21)23(32)33)22(31)18-13-19(26)15-20(14-18)27-6-8-28(9-7-27)24(34)35-25(3,4)5/h13-15,17,21H,6-12,16H2,1-5H3,(H,32,33). The maximum Gasteiger partial charge on any atom is 0.410 e. The highest BCUT2D eigenvalue weighted by molar-refractivity contribution is 5.95. The van der Waals surface area contributed by atoms with Crippen LogP contribution in [0, 0.1) is 11.7 Å². The van der Waals surface area contributed by atoms with Gasteiger partial charge in [0.05, 0.1) is 6.04 Å². The van der Waals surface area contributed by atoms with Gasteiger partial charge in [0.25, 0.3) is 5.91 Å². The van der Waals surface area contributed by atoms with Crippen molar-refractivity contribution in [3.8, 4) is 0 Å². The third-order valence-corrected chi connectivity index (χ3v) is 6.19. The summed E-state index contributed by atoms with van der Waals surface area (Å²) in [7, 11) is 0. The molecule has 2 heterocycles. The lowest BCUT2D eigenvalue weighted by molar-refractivity contribution is 0.0240. The molecule has 10 heteroatoms. The van der Waals surface area contributed by atoms with E-state index in [0.29, 0.717) is 38.3 Å². The third kappa shape index (κ3) is 6.99. The summed E-state index contributed by atoms with van der Waals surface area (Å²) in [5, 5.41) is 9.52. The third-order valence-electron chi connectivity index (χ3n) is 6.19. The van der Waals surface area contributed by atoms with Crippen LogP contribution in [0.3, 0.4) is 0 Å². The van der Waals surface area contributed by atoms with Crippen LogP contribution >= 0.6 is 0 Å². The maximum absolute atomic E-state index is 14.5. The van der Waals surface area contributed by atoms with Gasteiger partial charge >= 0.3 is 12.2 Å². The molecule has 0 bridgehead atoms. The normalized spacial score (nSPS) is 19.2. The fourth-order valence-corrected chi connectivity index (χ4v) is 4.57. The second kappa shape index (κ2) is 10.7. The number of anilines is 1. The predicted octanol–water partition coefficient (Wildman–Crippen LogP) is 3.73. The predicted molar refractivity (Wildman–Crippen MR) is 130 cm³/mol. The first-order chi connectivity index (χ1) is 16.3. The highest BCUT2D eigenvalue weighted by atomic mass is 19.1. The molecule has 9 nitrogen and oxygen atoms in total. The van der Waals surface area contributed by atoms with Gasteiger partial charge in [0.1, 0.15) is 11.4 Å². The Hall–Kier alpha value is -3.04. The van der Waals surface area contributed by atoms with Crippen LogP contribution in [0.5, 0.6) is 0 Å². The minimum Gasteiger partial charge on any atom is -0.465 e. The van der Waals surface area contributed by atoms with E-state index in [-0.39, 0.29) is 49.2 Å². The Morgan fingerprint density at radius 1 is 1.03 bits per heavy atom. The van der Waals surface area contributed by atoms with Crippen molar-refractivity contribution in [3.05, 3.63) is 29.6 Å². The number of piperazine rings is 2. The molecule has 2 aliphatic rings. The minimum absolute atomic E-state index is 0.229. The largest absolute Gasteiger partial charge is 0.465 e. The van der Waals surface area contributed by atoms with Crippen molar-refractivity contribution >= 4 is 23.8 Å². The van der Waals surface area contributed by atoms with Gasteiger partial charge in [-0.1, -0.05) is 13.8 Å². The minimum atomic E-state index is -0.985. The van der Waals surface area contributed by atoms with E-state index in [1.54, 1.807) is 15.9 Å². The molecule has 1 aromatic carbocycles. The van der Waals surface area contributed by atoms with Crippen LogP contribution in [0.15, 0.2) is 18.2 Å². The number of hydrogen-bond donors (Lipinski definition) is 1. The molecule has 1 aromatic rings. The van der Waals surface area contributed by atoms with Crippen LogP contribution in [0.1, 0.15) is 51.4 Å². The summed E-state index contributed by atoms with van der Waals surface area (Å²) in [6.45, 7) is 12.1. The van der Waals surface area contributed by atoms with E-state index in [9.17, 15) is 23.9 Å². The molecule has 35 heavy (non-hydrogen) atoms. The van der Waals surface area contributed by atoms with Crippen molar-refractivity contribution in [2.75, 3.05) is 50.7 Å². The Bertz CT molecular complexity index is 940. The van der Waals surface area contributed by atoms with Crippen molar-refractivity contribution < 1.29 is 28.6 Å². The van der Waals surface area contributed by atoms with Crippen LogP contribution in [0.2, 0.25) is 0 Å². The van der Waals surface area contributed by atoms with Crippen LogP contribution in [0.25, 0.3) is 0 Å². The molecule has 3 amide bonds. The zero-order chi connectivity index (χ0) is 25.9. The van der Waals surface area contributed by atoms with Crippen LogP contribution in [0.4, 0.5) is 19.7 Å². The summed E-state index contributed by atoms with van der Waals surface area (Å²) in [6.07, 6.45) is -0.711. The van der Waals surface area contributed by atoms with Gasteiger partial charge in [0.15, 0.2) is 0 Å². The summed E-state index contributed by atoms with van der Waals surface area (Å²) >= 11 is 0. The van der Waals surface area contributed by atoms with E-state index < -0.39 is 17.5 Å². The topological polar surface area (TPSA) is 93.6 Å². The van der Waals surface area contributed by atoms with E-state index in [2.05, 4.69) is 0 Å². The number of carboxylic acid groups (broad SMARTS) is 1. The summed E-state index contributed by atoms with van der Waals surface area (Å²) in [5.41, 5.74) is 0.248. The van der Waals surface area contributed by atoms with Gasteiger partial charge in [-0.05, 0) is 51.3 Å². The fourth-order valence-electron chi connectivity index (χ4n) is 4.57. The summed E-state index contributed by atoms with van der Waals surface area (Å²) < 4.78 is 20.0. The highest BCUT2D eigenvalue weighted by Crippen LogP contribution is 2.24. The molecule has 3 rings (SSSR count). The molecule has 1 N–H and O–H groups in total. The van der Waals surface area contributed by atoms with Gasteiger partial charge in [-0.2, -0.15) is 0 Å².